The number of rotatable bonds is 7. The summed E-state index contributed by atoms with van der Waals surface area (Å²) >= 11 is 5.96. The highest BCUT2D eigenvalue weighted by Gasteiger charge is 2.31. The van der Waals surface area contributed by atoms with Gasteiger partial charge in [0.2, 0.25) is 5.91 Å². The summed E-state index contributed by atoms with van der Waals surface area (Å²) in [6.07, 6.45) is 0.937. The number of carbonyl (C=O) groups is 1. The van der Waals surface area contributed by atoms with Gasteiger partial charge in [-0.25, -0.2) is 0 Å². The molecular weight excluding hydrogens is 352 g/mol. The van der Waals surface area contributed by atoms with E-state index < -0.39 is 6.10 Å². The third-order valence-electron chi connectivity index (χ3n) is 5.46. The fourth-order valence-electron chi connectivity index (χ4n) is 3.98. The first kappa shape index (κ1) is 19.4. The fraction of sp³-hybridized carbons (Fsp3) is 0.632. The van der Waals surface area contributed by atoms with Crippen molar-refractivity contribution in [1.29, 1.82) is 0 Å². The number of nitrogens with two attached hydrogens (primary N) is 1. The highest BCUT2D eigenvalue weighted by Crippen LogP contribution is 2.21. The molecule has 0 bridgehead atoms. The summed E-state index contributed by atoms with van der Waals surface area (Å²) in [4.78, 5) is 18.2. The third kappa shape index (κ3) is 5.33. The van der Waals surface area contributed by atoms with Crippen molar-refractivity contribution in [3.63, 3.8) is 0 Å². The number of halogens is 1. The average Bonchev–Trinajstić information content (AvgIpc) is 2.95. The molecule has 3 N–H and O–H groups in total. The van der Waals surface area contributed by atoms with E-state index in [4.69, 9.17) is 17.3 Å². The molecule has 2 atom stereocenters. The quantitative estimate of drug-likeness (QED) is 0.739. The molecule has 0 aromatic heterocycles. The van der Waals surface area contributed by atoms with Crippen molar-refractivity contribution in [3.8, 4) is 0 Å². The van der Waals surface area contributed by atoms with E-state index in [1.165, 1.54) is 5.69 Å². The Morgan fingerprint density at radius 2 is 1.73 bits per heavy atom. The van der Waals surface area contributed by atoms with Crippen LogP contribution in [0, 0.1) is 5.92 Å². The number of hydrogen-bond acceptors (Lipinski definition) is 5. The van der Waals surface area contributed by atoms with Gasteiger partial charge < -0.3 is 20.6 Å². The third-order valence-corrected chi connectivity index (χ3v) is 5.71. The molecule has 0 aliphatic carbocycles. The number of nitrogens with zero attached hydrogens (tertiary/aromatic N) is 3. The number of primary amides is 1. The van der Waals surface area contributed by atoms with Crippen molar-refractivity contribution in [1.82, 2.24) is 9.80 Å². The lowest BCUT2D eigenvalue weighted by atomic mass is 10.0. The summed E-state index contributed by atoms with van der Waals surface area (Å²) in [6, 6.07) is 8.05. The number of aliphatic hydroxyl groups is 1. The molecule has 1 amide bonds. The minimum Gasteiger partial charge on any atom is -0.391 e. The first-order chi connectivity index (χ1) is 12.5. The predicted octanol–water partition coefficient (Wildman–Crippen LogP) is 1.02. The molecule has 0 unspecified atom stereocenters. The van der Waals surface area contributed by atoms with Crippen LogP contribution in [0.3, 0.4) is 0 Å². The lowest BCUT2D eigenvalue weighted by Gasteiger charge is -2.36. The number of β-amino-alcohol motifs (C(OH)–C–C–N with tert-alkyl or cyclic N) is 1. The van der Waals surface area contributed by atoms with Crippen molar-refractivity contribution in [2.24, 2.45) is 11.7 Å². The molecule has 26 heavy (non-hydrogen) atoms. The average molecular weight is 381 g/mol. The summed E-state index contributed by atoms with van der Waals surface area (Å²) in [6.45, 7) is 7.66. The molecule has 3 rings (SSSR count). The molecule has 2 saturated heterocycles. The van der Waals surface area contributed by atoms with E-state index in [0.717, 1.165) is 57.3 Å². The van der Waals surface area contributed by atoms with E-state index in [1.807, 2.05) is 12.1 Å². The van der Waals surface area contributed by atoms with Crippen LogP contribution in [0.25, 0.3) is 0 Å². The van der Waals surface area contributed by atoms with Crippen molar-refractivity contribution in [2.45, 2.75) is 18.9 Å². The maximum Gasteiger partial charge on any atom is 0.217 e. The lowest BCUT2D eigenvalue weighted by Crippen LogP contribution is -2.47. The number of benzene rings is 1. The standard InChI is InChI=1S/C19H29ClN4O2/c20-16-2-4-17(5-3-16)24-10-8-22(9-11-24)6-1-7-23-13-15(12-19(21)26)18(25)14-23/h2-5,15,18,25H,1,6-14H2,(H2,21,26)/t15-,18-/m1/s1. The summed E-state index contributed by atoms with van der Waals surface area (Å²) in [5.41, 5.74) is 6.49. The summed E-state index contributed by atoms with van der Waals surface area (Å²) in [5, 5.41) is 10.8. The molecular formula is C19H29ClN4O2. The minimum absolute atomic E-state index is 0.00424. The van der Waals surface area contributed by atoms with Crippen LogP contribution >= 0.6 is 11.6 Å². The Kier molecular flexibility index (Phi) is 6.75. The summed E-state index contributed by atoms with van der Waals surface area (Å²) in [5.74, 6) is -0.329. The van der Waals surface area contributed by atoms with Crippen LogP contribution in [0.15, 0.2) is 24.3 Å². The highest BCUT2D eigenvalue weighted by atomic mass is 35.5. The Balaban J connectivity index is 1.34. The molecule has 144 valence electrons. The van der Waals surface area contributed by atoms with Crippen molar-refractivity contribution in [3.05, 3.63) is 29.3 Å². The molecule has 2 fully saturated rings. The number of anilines is 1. The second-order valence-electron chi connectivity index (χ2n) is 7.42. The maximum absolute atomic E-state index is 11.0. The topological polar surface area (TPSA) is 73.0 Å². The Hall–Kier alpha value is -1.34. The van der Waals surface area contributed by atoms with Gasteiger partial charge in [0.1, 0.15) is 0 Å². The SMILES string of the molecule is NC(=O)C[C@@H]1CN(CCCN2CCN(c3ccc(Cl)cc3)CC2)C[C@H]1O. The van der Waals surface area contributed by atoms with Crippen LogP contribution < -0.4 is 10.6 Å². The van der Waals surface area contributed by atoms with Crippen molar-refractivity contribution >= 4 is 23.2 Å². The highest BCUT2D eigenvalue weighted by molar-refractivity contribution is 6.30. The minimum atomic E-state index is -0.426. The van der Waals surface area contributed by atoms with Gasteiger partial charge in [0.25, 0.3) is 0 Å². The first-order valence-corrected chi connectivity index (χ1v) is 9.80. The van der Waals surface area contributed by atoms with Gasteiger partial charge >= 0.3 is 0 Å². The van der Waals surface area contributed by atoms with Crippen LogP contribution in [-0.4, -0.2) is 79.3 Å². The smallest absolute Gasteiger partial charge is 0.217 e. The number of aliphatic hydroxyl groups excluding tert-OH is 1. The van der Waals surface area contributed by atoms with Gasteiger partial charge in [-0.1, -0.05) is 11.6 Å². The van der Waals surface area contributed by atoms with E-state index in [0.29, 0.717) is 6.54 Å². The van der Waals surface area contributed by atoms with Crippen LogP contribution in [0.2, 0.25) is 5.02 Å². The van der Waals surface area contributed by atoms with Crippen molar-refractivity contribution in [2.75, 3.05) is 57.3 Å². The Morgan fingerprint density at radius 3 is 2.38 bits per heavy atom. The zero-order chi connectivity index (χ0) is 18.5. The number of likely N-dealkylation sites (tertiary alicyclic amines) is 1. The van der Waals surface area contributed by atoms with Crippen molar-refractivity contribution < 1.29 is 9.90 Å². The lowest BCUT2D eigenvalue weighted by molar-refractivity contribution is -0.119. The van der Waals surface area contributed by atoms with Gasteiger partial charge in [-0.15, -0.1) is 0 Å². The molecule has 0 saturated carbocycles. The van der Waals surface area contributed by atoms with Crippen LogP contribution in [0.5, 0.6) is 0 Å². The first-order valence-electron chi connectivity index (χ1n) is 9.43. The number of amides is 1. The number of piperazine rings is 1. The second-order valence-corrected chi connectivity index (χ2v) is 7.85. The van der Waals surface area contributed by atoms with Gasteiger partial charge in [-0.2, -0.15) is 0 Å². The van der Waals surface area contributed by atoms with E-state index in [9.17, 15) is 9.90 Å². The molecule has 2 aliphatic heterocycles. The van der Waals surface area contributed by atoms with Crippen LogP contribution in [0.4, 0.5) is 5.69 Å². The molecule has 6 nitrogen and oxygen atoms in total. The van der Waals surface area contributed by atoms with Gasteiger partial charge in [-0.3, -0.25) is 9.69 Å². The normalized spacial score (nSPS) is 24.9. The maximum atomic E-state index is 11.0. The predicted molar refractivity (Wildman–Crippen MR) is 104 cm³/mol. The monoisotopic (exact) mass is 380 g/mol. The molecule has 2 heterocycles. The van der Waals surface area contributed by atoms with Gasteiger partial charge in [0.05, 0.1) is 6.10 Å². The molecule has 0 radical (unpaired) electrons. The summed E-state index contributed by atoms with van der Waals surface area (Å²) in [7, 11) is 0. The Bertz CT molecular complexity index is 590. The molecule has 0 spiro atoms. The van der Waals surface area contributed by atoms with E-state index in [-0.39, 0.29) is 18.2 Å². The van der Waals surface area contributed by atoms with Gasteiger partial charge in [0, 0.05) is 62.3 Å². The van der Waals surface area contributed by atoms with Gasteiger partial charge in [-0.05, 0) is 43.8 Å². The molecule has 1 aromatic carbocycles. The zero-order valence-electron chi connectivity index (χ0n) is 15.2. The van der Waals surface area contributed by atoms with E-state index in [1.54, 1.807) is 0 Å². The van der Waals surface area contributed by atoms with E-state index in [2.05, 4.69) is 26.8 Å². The molecule has 2 aliphatic rings. The molecule has 1 aromatic rings. The Labute approximate surface area is 160 Å². The van der Waals surface area contributed by atoms with Gasteiger partial charge in [0.15, 0.2) is 0 Å². The fourth-order valence-corrected chi connectivity index (χ4v) is 4.11. The largest absolute Gasteiger partial charge is 0.391 e. The summed E-state index contributed by atoms with van der Waals surface area (Å²) < 4.78 is 0. The molecule has 7 heteroatoms. The number of carbonyl (C=O) groups excluding carboxylic acids is 1. The van der Waals surface area contributed by atoms with E-state index >= 15 is 0 Å². The van der Waals surface area contributed by atoms with Crippen LogP contribution in [0.1, 0.15) is 12.8 Å². The van der Waals surface area contributed by atoms with Crippen LogP contribution in [-0.2, 0) is 4.79 Å². The zero-order valence-corrected chi connectivity index (χ0v) is 15.9. The Morgan fingerprint density at radius 1 is 1.08 bits per heavy atom. The number of hydrogen-bond donors (Lipinski definition) is 2. The second kappa shape index (κ2) is 9.04.